The van der Waals surface area contributed by atoms with Gasteiger partial charge in [0.1, 0.15) is 24.3 Å². The molecule has 1 heterocycles. The van der Waals surface area contributed by atoms with Gasteiger partial charge in [-0.2, -0.15) is 0 Å². The van der Waals surface area contributed by atoms with Crippen molar-refractivity contribution in [2.75, 3.05) is 6.61 Å². The van der Waals surface area contributed by atoms with E-state index in [9.17, 15) is 9.90 Å². The van der Waals surface area contributed by atoms with Gasteiger partial charge in [-0.15, -0.1) is 6.58 Å². The fourth-order valence-electron chi connectivity index (χ4n) is 3.73. The molecule has 0 saturated heterocycles. The van der Waals surface area contributed by atoms with Gasteiger partial charge in [-0.3, -0.25) is 4.79 Å². The molecule has 3 aromatic carbocycles. The van der Waals surface area contributed by atoms with Crippen LogP contribution in [-0.2, 0) is 19.5 Å². The number of rotatable bonds is 10. The van der Waals surface area contributed by atoms with Crippen molar-refractivity contribution in [3.8, 4) is 5.75 Å². The molecule has 6 heteroatoms. The van der Waals surface area contributed by atoms with E-state index >= 15 is 0 Å². The van der Waals surface area contributed by atoms with E-state index in [1.54, 1.807) is 12.1 Å². The number of imidazole rings is 1. The summed E-state index contributed by atoms with van der Waals surface area (Å²) in [6.45, 7) is 4.46. The van der Waals surface area contributed by atoms with E-state index in [2.05, 4.69) is 16.9 Å². The number of hydrogen-bond donors (Lipinski definition) is 2. The van der Waals surface area contributed by atoms with Crippen molar-refractivity contribution in [2.45, 2.75) is 25.6 Å². The van der Waals surface area contributed by atoms with Crippen molar-refractivity contribution >= 4 is 16.9 Å². The lowest BCUT2D eigenvalue weighted by atomic mass is 10.1. The number of aromatic nitrogens is 2. The Morgan fingerprint density at radius 2 is 1.79 bits per heavy atom. The molecule has 0 aliphatic heterocycles. The number of ether oxygens (including phenoxy) is 1. The zero-order valence-electron chi connectivity index (χ0n) is 18.4. The first kappa shape index (κ1) is 22.3. The van der Waals surface area contributed by atoms with Crippen molar-refractivity contribution in [3.63, 3.8) is 0 Å². The van der Waals surface area contributed by atoms with Gasteiger partial charge >= 0.3 is 0 Å². The number of benzene rings is 3. The number of nitrogens with zero attached hydrogens (tertiary/aromatic N) is 2. The highest BCUT2D eigenvalue weighted by molar-refractivity contribution is 5.94. The van der Waals surface area contributed by atoms with E-state index in [1.165, 1.54) is 0 Å². The molecule has 0 aliphatic carbocycles. The van der Waals surface area contributed by atoms with Crippen LogP contribution < -0.4 is 10.1 Å². The maximum atomic E-state index is 12.5. The van der Waals surface area contributed by atoms with Crippen LogP contribution in [0.1, 0.15) is 21.7 Å². The number of allylic oxidation sites excluding steroid dienone is 1. The quantitative estimate of drug-likeness (QED) is 0.363. The number of carbonyl (C=O) groups is 1. The Morgan fingerprint density at radius 1 is 1.06 bits per heavy atom. The van der Waals surface area contributed by atoms with Crippen molar-refractivity contribution in [1.29, 1.82) is 0 Å². The lowest BCUT2D eigenvalue weighted by Crippen LogP contribution is -2.28. The molecule has 1 amide bonds. The van der Waals surface area contributed by atoms with E-state index < -0.39 is 6.10 Å². The highest BCUT2D eigenvalue weighted by Crippen LogP contribution is 2.20. The van der Waals surface area contributed by atoms with E-state index in [1.807, 2.05) is 77.4 Å². The third-order valence-electron chi connectivity index (χ3n) is 5.34. The minimum atomic E-state index is -0.761. The Balaban J connectivity index is 1.47. The van der Waals surface area contributed by atoms with E-state index in [0.717, 1.165) is 22.3 Å². The maximum Gasteiger partial charge on any atom is 0.251 e. The lowest BCUT2D eigenvalue weighted by Gasteiger charge is -2.17. The standard InChI is InChI=1S/C27H27N3O3/c1-2-10-20-11-6-9-16-25(20)33-19-22(31)18-30-24-15-8-7-14-23(24)29-26(30)17-28-27(32)21-12-4-3-5-13-21/h2-9,11-16,22,31H,1,10,17-19H2,(H,28,32). The van der Waals surface area contributed by atoms with Crippen molar-refractivity contribution in [1.82, 2.24) is 14.9 Å². The van der Waals surface area contributed by atoms with Gasteiger partial charge < -0.3 is 19.7 Å². The average molecular weight is 442 g/mol. The monoisotopic (exact) mass is 441 g/mol. The fourth-order valence-corrected chi connectivity index (χ4v) is 3.73. The Hall–Kier alpha value is -3.90. The number of carbonyl (C=O) groups excluding carboxylic acids is 1. The summed E-state index contributed by atoms with van der Waals surface area (Å²) in [4.78, 5) is 17.2. The molecule has 1 atom stereocenters. The molecule has 1 unspecified atom stereocenters. The van der Waals surface area contributed by atoms with Crippen LogP contribution in [0.3, 0.4) is 0 Å². The van der Waals surface area contributed by atoms with Crippen molar-refractivity contribution in [2.24, 2.45) is 0 Å². The second-order valence-corrected chi connectivity index (χ2v) is 7.74. The van der Waals surface area contributed by atoms with Crippen LogP contribution in [0, 0.1) is 0 Å². The molecule has 2 N–H and O–H groups in total. The molecule has 0 spiro atoms. The highest BCUT2D eigenvalue weighted by atomic mass is 16.5. The Morgan fingerprint density at radius 3 is 2.61 bits per heavy atom. The average Bonchev–Trinajstić information content (AvgIpc) is 3.20. The number of amides is 1. The van der Waals surface area contributed by atoms with Crippen LogP contribution in [0.5, 0.6) is 5.75 Å². The zero-order valence-corrected chi connectivity index (χ0v) is 18.4. The molecule has 1 aromatic heterocycles. The van der Waals surface area contributed by atoms with Gasteiger partial charge in [0.25, 0.3) is 5.91 Å². The maximum absolute atomic E-state index is 12.5. The van der Waals surface area contributed by atoms with Gasteiger partial charge in [-0.1, -0.05) is 54.6 Å². The minimum absolute atomic E-state index is 0.135. The molecule has 6 nitrogen and oxygen atoms in total. The van der Waals surface area contributed by atoms with Gasteiger partial charge in [-0.05, 0) is 42.3 Å². The summed E-state index contributed by atoms with van der Waals surface area (Å²) in [6.07, 6.45) is 1.76. The molecule has 4 rings (SSSR count). The predicted molar refractivity (Wildman–Crippen MR) is 129 cm³/mol. The Kier molecular flexibility index (Phi) is 7.17. The van der Waals surface area contributed by atoms with E-state index in [-0.39, 0.29) is 19.1 Å². The first-order valence-corrected chi connectivity index (χ1v) is 10.9. The Bertz CT molecular complexity index is 1230. The molecule has 0 saturated carbocycles. The summed E-state index contributed by atoms with van der Waals surface area (Å²) in [6, 6.07) is 24.5. The van der Waals surface area contributed by atoms with Crippen LogP contribution in [0.4, 0.5) is 0 Å². The number of nitrogens with one attached hydrogen (secondary N) is 1. The van der Waals surface area contributed by atoms with E-state index in [0.29, 0.717) is 24.4 Å². The molecular formula is C27H27N3O3. The third-order valence-corrected chi connectivity index (χ3v) is 5.34. The largest absolute Gasteiger partial charge is 0.491 e. The fraction of sp³-hybridized carbons (Fsp3) is 0.185. The highest BCUT2D eigenvalue weighted by Gasteiger charge is 2.16. The zero-order chi connectivity index (χ0) is 23.0. The number of hydrogen-bond acceptors (Lipinski definition) is 4. The summed E-state index contributed by atoms with van der Waals surface area (Å²) in [7, 11) is 0. The van der Waals surface area contributed by atoms with Crippen molar-refractivity contribution in [3.05, 3.63) is 108 Å². The normalized spacial score (nSPS) is 11.8. The summed E-state index contributed by atoms with van der Waals surface area (Å²) in [5.74, 6) is 1.24. The van der Waals surface area contributed by atoms with Gasteiger partial charge in [0.15, 0.2) is 0 Å². The van der Waals surface area contributed by atoms with Crippen LogP contribution in [0.25, 0.3) is 11.0 Å². The van der Waals surface area contributed by atoms with Gasteiger partial charge in [0.2, 0.25) is 0 Å². The number of fused-ring (bicyclic) bond motifs is 1. The molecule has 4 aromatic rings. The lowest BCUT2D eigenvalue weighted by molar-refractivity contribution is 0.0914. The SMILES string of the molecule is C=CCc1ccccc1OCC(O)Cn1c(CNC(=O)c2ccccc2)nc2ccccc21. The molecule has 0 fully saturated rings. The molecule has 0 aliphatic rings. The van der Waals surface area contributed by atoms with Crippen LogP contribution in [0.2, 0.25) is 0 Å². The molecule has 33 heavy (non-hydrogen) atoms. The van der Waals surface area contributed by atoms with Crippen LogP contribution in [0.15, 0.2) is 91.5 Å². The topological polar surface area (TPSA) is 76.4 Å². The third kappa shape index (κ3) is 5.48. The van der Waals surface area contributed by atoms with E-state index in [4.69, 9.17) is 4.74 Å². The smallest absolute Gasteiger partial charge is 0.251 e. The second-order valence-electron chi connectivity index (χ2n) is 7.74. The number of para-hydroxylation sites is 3. The first-order valence-electron chi connectivity index (χ1n) is 10.9. The molecule has 0 bridgehead atoms. The predicted octanol–water partition coefficient (Wildman–Crippen LogP) is 4.13. The molecular weight excluding hydrogens is 414 g/mol. The second kappa shape index (κ2) is 10.6. The van der Waals surface area contributed by atoms with Crippen LogP contribution >= 0.6 is 0 Å². The number of aliphatic hydroxyl groups excluding tert-OH is 1. The summed E-state index contributed by atoms with van der Waals surface area (Å²) in [5, 5.41) is 13.7. The minimum Gasteiger partial charge on any atom is -0.491 e. The molecule has 168 valence electrons. The van der Waals surface area contributed by atoms with Crippen molar-refractivity contribution < 1.29 is 14.6 Å². The molecule has 0 radical (unpaired) electrons. The number of aliphatic hydroxyl groups is 1. The summed E-state index contributed by atoms with van der Waals surface area (Å²) < 4.78 is 7.84. The first-order chi connectivity index (χ1) is 16.2. The van der Waals surface area contributed by atoms with Gasteiger partial charge in [-0.25, -0.2) is 4.98 Å². The van der Waals surface area contributed by atoms with Gasteiger partial charge in [0, 0.05) is 5.56 Å². The Labute approximate surface area is 193 Å². The van der Waals surface area contributed by atoms with Crippen LogP contribution in [-0.4, -0.2) is 33.3 Å². The summed E-state index contributed by atoms with van der Waals surface area (Å²) in [5.41, 5.74) is 3.32. The van der Waals surface area contributed by atoms with Gasteiger partial charge in [0.05, 0.1) is 24.1 Å². The summed E-state index contributed by atoms with van der Waals surface area (Å²) >= 11 is 0.